The van der Waals surface area contributed by atoms with Crippen LogP contribution in [-0.4, -0.2) is 30.2 Å². The lowest BCUT2D eigenvalue weighted by Gasteiger charge is -2.10. The number of benzene rings is 3. The number of anilines is 1. The lowest BCUT2D eigenvalue weighted by molar-refractivity contribution is 0.0956. The summed E-state index contributed by atoms with van der Waals surface area (Å²) >= 11 is 0. The second-order valence-corrected chi connectivity index (χ2v) is 5.99. The summed E-state index contributed by atoms with van der Waals surface area (Å²) in [5.41, 5.74) is 3.87. The number of ether oxygens (including phenoxy) is 1. The average Bonchev–Trinajstić information content (AvgIpc) is 2.76. The fraction of sp³-hybridized carbons (Fsp3) is 0.0455. The minimum atomic E-state index is -0.507. The van der Waals surface area contributed by atoms with Gasteiger partial charge in [0.2, 0.25) is 0 Å². The molecule has 0 bridgehead atoms. The first-order chi connectivity index (χ1) is 14.1. The SMILES string of the molecule is COc1ccc(O)c(/C=N/NC(=O)c2ccccc2NC(=O)c2ccccc2)c1. The van der Waals surface area contributed by atoms with Crippen LogP contribution in [0.5, 0.6) is 11.5 Å². The number of carbonyl (C=O) groups is 2. The number of carbonyl (C=O) groups excluding carboxylic acids is 2. The molecule has 3 aromatic rings. The summed E-state index contributed by atoms with van der Waals surface area (Å²) < 4.78 is 5.10. The molecule has 3 aromatic carbocycles. The van der Waals surface area contributed by atoms with Crippen LogP contribution in [0.15, 0.2) is 77.9 Å². The molecule has 0 radical (unpaired) electrons. The Labute approximate surface area is 167 Å². The zero-order valence-corrected chi connectivity index (χ0v) is 15.6. The third kappa shape index (κ3) is 4.98. The molecule has 0 spiro atoms. The van der Waals surface area contributed by atoms with Gasteiger partial charge in [-0.2, -0.15) is 5.10 Å². The van der Waals surface area contributed by atoms with Gasteiger partial charge in [0.1, 0.15) is 11.5 Å². The minimum absolute atomic E-state index is 0.000626. The van der Waals surface area contributed by atoms with E-state index in [0.29, 0.717) is 22.6 Å². The van der Waals surface area contributed by atoms with E-state index >= 15 is 0 Å². The van der Waals surface area contributed by atoms with Gasteiger partial charge in [-0.3, -0.25) is 9.59 Å². The zero-order valence-electron chi connectivity index (χ0n) is 15.6. The van der Waals surface area contributed by atoms with Crippen LogP contribution in [0.1, 0.15) is 26.3 Å². The van der Waals surface area contributed by atoms with E-state index in [1.165, 1.54) is 19.4 Å². The molecule has 0 fully saturated rings. The molecule has 0 atom stereocenters. The highest BCUT2D eigenvalue weighted by molar-refractivity contribution is 6.09. The molecular weight excluding hydrogens is 370 g/mol. The van der Waals surface area contributed by atoms with E-state index in [1.54, 1.807) is 60.7 Å². The smallest absolute Gasteiger partial charge is 0.273 e. The average molecular weight is 389 g/mol. The number of hydrogen-bond donors (Lipinski definition) is 3. The van der Waals surface area contributed by atoms with Crippen molar-refractivity contribution in [3.63, 3.8) is 0 Å². The van der Waals surface area contributed by atoms with Crippen molar-refractivity contribution in [2.45, 2.75) is 0 Å². The number of amides is 2. The Balaban J connectivity index is 1.72. The molecule has 0 saturated heterocycles. The first kappa shape index (κ1) is 19.6. The van der Waals surface area contributed by atoms with E-state index in [2.05, 4.69) is 15.8 Å². The van der Waals surface area contributed by atoms with Crippen LogP contribution in [-0.2, 0) is 0 Å². The van der Waals surface area contributed by atoms with Crippen LogP contribution in [0, 0.1) is 0 Å². The highest BCUT2D eigenvalue weighted by Crippen LogP contribution is 2.21. The van der Waals surface area contributed by atoms with E-state index < -0.39 is 5.91 Å². The number of nitrogens with zero attached hydrogens (tertiary/aromatic N) is 1. The van der Waals surface area contributed by atoms with Gasteiger partial charge >= 0.3 is 0 Å². The van der Waals surface area contributed by atoms with Gasteiger partial charge in [-0.15, -0.1) is 0 Å². The molecule has 3 rings (SSSR count). The minimum Gasteiger partial charge on any atom is -0.507 e. The van der Waals surface area contributed by atoms with Gasteiger partial charge < -0.3 is 15.2 Å². The van der Waals surface area contributed by atoms with Crippen LogP contribution >= 0.6 is 0 Å². The van der Waals surface area contributed by atoms with Crippen molar-refractivity contribution in [1.29, 1.82) is 0 Å². The number of nitrogens with one attached hydrogen (secondary N) is 2. The Morgan fingerprint density at radius 3 is 2.45 bits per heavy atom. The topological polar surface area (TPSA) is 100 Å². The van der Waals surface area contributed by atoms with Crippen molar-refractivity contribution in [3.8, 4) is 11.5 Å². The number of para-hydroxylation sites is 1. The van der Waals surface area contributed by atoms with Crippen LogP contribution in [0.4, 0.5) is 5.69 Å². The van der Waals surface area contributed by atoms with Crippen LogP contribution < -0.4 is 15.5 Å². The number of hydrogen-bond acceptors (Lipinski definition) is 5. The van der Waals surface area contributed by atoms with Crippen LogP contribution in [0.3, 0.4) is 0 Å². The summed E-state index contributed by atoms with van der Waals surface area (Å²) in [4.78, 5) is 24.9. The van der Waals surface area contributed by atoms with Crippen molar-refractivity contribution in [2.24, 2.45) is 5.10 Å². The summed E-state index contributed by atoms with van der Waals surface area (Å²) in [6, 6.07) is 20.0. The van der Waals surface area contributed by atoms with Gasteiger partial charge in [0.05, 0.1) is 24.6 Å². The van der Waals surface area contributed by atoms with Gasteiger partial charge in [-0.25, -0.2) is 5.43 Å². The second kappa shape index (κ2) is 9.18. The van der Waals surface area contributed by atoms with E-state index in [4.69, 9.17) is 4.74 Å². The summed E-state index contributed by atoms with van der Waals surface area (Å²) in [5.74, 6) is -0.285. The van der Waals surface area contributed by atoms with Gasteiger partial charge in [0.25, 0.3) is 11.8 Å². The Hall–Kier alpha value is -4.13. The summed E-state index contributed by atoms with van der Waals surface area (Å²) in [6.07, 6.45) is 1.31. The van der Waals surface area contributed by atoms with Crippen molar-refractivity contribution < 1.29 is 19.4 Å². The Bertz CT molecular complexity index is 1050. The molecule has 0 unspecified atom stereocenters. The molecule has 0 saturated carbocycles. The quantitative estimate of drug-likeness (QED) is 0.444. The fourth-order valence-corrected chi connectivity index (χ4v) is 2.56. The second-order valence-electron chi connectivity index (χ2n) is 5.99. The monoisotopic (exact) mass is 389 g/mol. The predicted molar refractivity (Wildman–Crippen MR) is 111 cm³/mol. The maximum atomic E-state index is 12.5. The third-order valence-electron chi connectivity index (χ3n) is 4.06. The van der Waals surface area contributed by atoms with E-state index in [0.717, 1.165) is 0 Å². The number of hydrazone groups is 1. The Kier molecular flexibility index (Phi) is 6.22. The normalized spacial score (nSPS) is 10.5. The number of aromatic hydroxyl groups is 1. The number of phenolic OH excluding ortho intramolecular Hbond substituents is 1. The Morgan fingerprint density at radius 2 is 1.69 bits per heavy atom. The molecule has 3 N–H and O–H groups in total. The van der Waals surface area contributed by atoms with Crippen molar-refractivity contribution in [3.05, 3.63) is 89.5 Å². The molecule has 0 aromatic heterocycles. The maximum absolute atomic E-state index is 12.5. The largest absolute Gasteiger partial charge is 0.507 e. The first-order valence-corrected chi connectivity index (χ1v) is 8.74. The van der Waals surface area contributed by atoms with Gasteiger partial charge in [-0.1, -0.05) is 30.3 Å². The van der Waals surface area contributed by atoms with Gasteiger partial charge in [0.15, 0.2) is 0 Å². The van der Waals surface area contributed by atoms with E-state index in [1.807, 2.05) is 6.07 Å². The van der Waals surface area contributed by atoms with Crippen molar-refractivity contribution in [2.75, 3.05) is 12.4 Å². The summed E-state index contributed by atoms with van der Waals surface area (Å²) in [6.45, 7) is 0. The highest BCUT2D eigenvalue weighted by Gasteiger charge is 2.13. The van der Waals surface area contributed by atoms with Gasteiger partial charge in [0, 0.05) is 11.1 Å². The third-order valence-corrected chi connectivity index (χ3v) is 4.06. The molecule has 7 heteroatoms. The van der Waals surface area contributed by atoms with Crippen molar-refractivity contribution in [1.82, 2.24) is 5.43 Å². The van der Waals surface area contributed by atoms with E-state index in [-0.39, 0.29) is 17.2 Å². The molecule has 0 heterocycles. The maximum Gasteiger partial charge on any atom is 0.273 e. The standard InChI is InChI=1S/C22H19N3O4/c1-29-17-11-12-20(26)16(13-17)14-23-25-22(28)18-9-5-6-10-19(18)24-21(27)15-7-3-2-4-8-15/h2-14,26H,1H3,(H,24,27)(H,25,28)/b23-14+. The summed E-state index contributed by atoms with van der Waals surface area (Å²) in [7, 11) is 1.51. The van der Waals surface area contributed by atoms with Crippen molar-refractivity contribution >= 4 is 23.7 Å². The first-order valence-electron chi connectivity index (χ1n) is 8.74. The fourth-order valence-electron chi connectivity index (χ4n) is 2.56. The number of rotatable bonds is 6. The number of phenols is 1. The predicted octanol–water partition coefficient (Wildman–Crippen LogP) is 3.42. The molecule has 7 nitrogen and oxygen atoms in total. The molecule has 0 aliphatic carbocycles. The lowest BCUT2D eigenvalue weighted by atomic mass is 10.1. The van der Waals surface area contributed by atoms with Gasteiger partial charge in [-0.05, 0) is 42.5 Å². The molecule has 146 valence electrons. The number of methoxy groups -OCH3 is 1. The molecular formula is C22H19N3O4. The molecule has 29 heavy (non-hydrogen) atoms. The lowest BCUT2D eigenvalue weighted by Crippen LogP contribution is -2.21. The molecule has 2 amide bonds. The highest BCUT2D eigenvalue weighted by atomic mass is 16.5. The zero-order chi connectivity index (χ0) is 20.6. The Morgan fingerprint density at radius 1 is 0.966 bits per heavy atom. The van der Waals surface area contributed by atoms with Crippen LogP contribution in [0.25, 0.3) is 0 Å². The van der Waals surface area contributed by atoms with Crippen LogP contribution in [0.2, 0.25) is 0 Å². The van der Waals surface area contributed by atoms with E-state index in [9.17, 15) is 14.7 Å². The summed E-state index contributed by atoms with van der Waals surface area (Å²) in [5, 5.41) is 16.5. The molecule has 0 aliphatic heterocycles. The molecule has 0 aliphatic rings.